The number of fused-ring (bicyclic) bond motifs is 3. The molecule has 0 N–H and O–H groups in total. The van der Waals surface area contributed by atoms with Crippen LogP contribution in [0.15, 0.2) is 72.8 Å². The first kappa shape index (κ1) is 16.0. The van der Waals surface area contributed by atoms with Gasteiger partial charge in [-0.15, -0.1) is 0 Å². The van der Waals surface area contributed by atoms with Crippen LogP contribution < -0.4 is 0 Å². The fraction of sp³-hybridized carbons (Fsp3) is 0.0870. The van der Waals surface area contributed by atoms with Crippen molar-refractivity contribution < 1.29 is 9.53 Å². The Morgan fingerprint density at radius 3 is 2.50 bits per heavy atom. The van der Waals surface area contributed by atoms with Gasteiger partial charge in [-0.05, 0) is 66.8 Å². The second-order valence-electron chi connectivity index (χ2n) is 5.92. The largest absolute Gasteiger partial charge is 0.462 e. The molecule has 0 aliphatic rings. The molecule has 3 nitrogen and oxygen atoms in total. The Kier molecular flexibility index (Phi) is 4.17. The molecule has 4 rings (SSSR count). The van der Waals surface area contributed by atoms with Crippen molar-refractivity contribution in [1.82, 2.24) is 4.40 Å². The summed E-state index contributed by atoms with van der Waals surface area (Å²) in [5.41, 5.74) is 4.58. The molecule has 0 atom stereocenters. The van der Waals surface area contributed by atoms with Crippen LogP contribution in [0.2, 0.25) is 0 Å². The summed E-state index contributed by atoms with van der Waals surface area (Å²) in [5, 5.41) is 1.18. The molecule has 2 heterocycles. The zero-order valence-corrected chi connectivity index (χ0v) is 14.4. The van der Waals surface area contributed by atoms with Gasteiger partial charge in [-0.2, -0.15) is 0 Å². The first-order valence-electron chi connectivity index (χ1n) is 8.54. The van der Waals surface area contributed by atoms with Gasteiger partial charge in [0.25, 0.3) is 0 Å². The highest BCUT2D eigenvalue weighted by molar-refractivity contribution is 5.89. The molecule has 0 saturated carbocycles. The third kappa shape index (κ3) is 2.94. The smallest absolute Gasteiger partial charge is 0.338 e. The third-order valence-electron chi connectivity index (χ3n) is 4.25. The van der Waals surface area contributed by atoms with Gasteiger partial charge >= 0.3 is 5.97 Å². The molecule has 0 aliphatic heterocycles. The van der Waals surface area contributed by atoms with Crippen molar-refractivity contribution >= 4 is 22.4 Å². The van der Waals surface area contributed by atoms with E-state index in [1.165, 1.54) is 5.39 Å². The highest BCUT2D eigenvalue weighted by Crippen LogP contribution is 2.20. The summed E-state index contributed by atoms with van der Waals surface area (Å²) in [7, 11) is 0. The minimum atomic E-state index is -0.309. The summed E-state index contributed by atoms with van der Waals surface area (Å²) in [6.07, 6.45) is 0. The summed E-state index contributed by atoms with van der Waals surface area (Å²) in [6.45, 7) is 2.17. The lowest BCUT2D eigenvalue weighted by atomic mass is 10.1. The van der Waals surface area contributed by atoms with Crippen LogP contribution >= 0.6 is 0 Å². The molecular weight excluding hydrogens is 322 g/mol. The maximum atomic E-state index is 11.7. The average Bonchev–Trinajstić information content (AvgIpc) is 3.10. The zero-order valence-electron chi connectivity index (χ0n) is 14.4. The Bertz CT molecular complexity index is 1160. The van der Waals surface area contributed by atoms with Crippen LogP contribution in [-0.4, -0.2) is 17.0 Å². The number of benzene rings is 2. The molecule has 126 valence electrons. The number of pyridine rings is 1. The van der Waals surface area contributed by atoms with Gasteiger partial charge in [0.2, 0.25) is 0 Å². The van der Waals surface area contributed by atoms with E-state index in [1.54, 1.807) is 19.1 Å². The van der Waals surface area contributed by atoms with E-state index in [1.807, 2.05) is 30.3 Å². The first-order valence-corrected chi connectivity index (χ1v) is 8.54. The van der Waals surface area contributed by atoms with Gasteiger partial charge in [-0.25, -0.2) is 4.79 Å². The lowest BCUT2D eigenvalue weighted by molar-refractivity contribution is 0.0526. The van der Waals surface area contributed by atoms with E-state index < -0.39 is 0 Å². The lowest BCUT2D eigenvalue weighted by Crippen LogP contribution is -2.04. The highest BCUT2D eigenvalue weighted by Gasteiger charge is 2.05. The van der Waals surface area contributed by atoms with Gasteiger partial charge in [-0.3, -0.25) is 0 Å². The van der Waals surface area contributed by atoms with Crippen LogP contribution in [-0.2, 0) is 4.74 Å². The molecule has 0 fully saturated rings. The minimum Gasteiger partial charge on any atom is -0.462 e. The summed E-state index contributed by atoms with van der Waals surface area (Å²) in [5.74, 6) is 6.12. The van der Waals surface area contributed by atoms with Crippen molar-refractivity contribution in [2.24, 2.45) is 0 Å². The van der Waals surface area contributed by atoms with Gasteiger partial charge in [0.05, 0.1) is 23.4 Å². The SMILES string of the molecule is CCOC(=O)c1ccc(C#Cc2ccc3ccc4ccccc4n23)cc1. The summed E-state index contributed by atoms with van der Waals surface area (Å²) >= 11 is 0. The number of carbonyl (C=O) groups excluding carboxylic acids is 1. The van der Waals surface area contributed by atoms with E-state index in [-0.39, 0.29) is 5.97 Å². The number of nitrogens with zero attached hydrogens (tertiary/aromatic N) is 1. The van der Waals surface area contributed by atoms with Crippen LogP contribution in [0.3, 0.4) is 0 Å². The topological polar surface area (TPSA) is 30.7 Å². The number of para-hydroxylation sites is 1. The molecule has 0 aliphatic carbocycles. The van der Waals surface area contributed by atoms with Crippen LogP contribution in [0.4, 0.5) is 0 Å². The van der Waals surface area contributed by atoms with E-state index >= 15 is 0 Å². The van der Waals surface area contributed by atoms with Gasteiger partial charge in [0.15, 0.2) is 0 Å². The Balaban J connectivity index is 1.70. The Morgan fingerprint density at radius 1 is 0.923 bits per heavy atom. The van der Waals surface area contributed by atoms with Crippen LogP contribution in [0.25, 0.3) is 16.4 Å². The molecule has 0 bridgehead atoms. The second kappa shape index (κ2) is 6.78. The van der Waals surface area contributed by atoms with Crippen molar-refractivity contribution in [2.75, 3.05) is 6.61 Å². The van der Waals surface area contributed by atoms with E-state index in [2.05, 4.69) is 46.6 Å². The van der Waals surface area contributed by atoms with E-state index in [0.29, 0.717) is 12.2 Å². The van der Waals surface area contributed by atoms with Gasteiger partial charge < -0.3 is 9.14 Å². The van der Waals surface area contributed by atoms with Gasteiger partial charge in [0.1, 0.15) is 0 Å². The molecule has 4 aromatic rings. The fourth-order valence-corrected chi connectivity index (χ4v) is 3.00. The Morgan fingerprint density at radius 2 is 1.69 bits per heavy atom. The van der Waals surface area contributed by atoms with Crippen LogP contribution in [0, 0.1) is 11.8 Å². The molecule has 0 unspecified atom stereocenters. The molecule has 0 spiro atoms. The number of esters is 1. The quantitative estimate of drug-likeness (QED) is 0.392. The number of carbonyl (C=O) groups is 1. The highest BCUT2D eigenvalue weighted by atomic mass is 16.5. The standard InChI is InChI=1S/C23H17NO2/c1-2-26-23(25)19-10-7-17(8-11-19)9-13-20-15-16-21-14-12-18-5-3-4-6-22(18)24(20)21/h3-8,10-12,14-16H,2H2,1H3. The molecule has 0 radical (unpaired) electrons. The van der Waals surface area contributed by atoms with Crippen molar-refractivity contribution in [1.29, 1.82) is 0 Å². The number of ether oxygens (including phenoxy) is 1. The predicted octanol–water partition coefficient (Wildman–Crippen LogP) is 4.67. The normalized spacial score (nSPS) is 10.5. The fourth-order valence-electron chi connectivity index (χ4n) is 3.00. The number of aromatic nitrogens is 1. The van der Waals surface area contributed by atoms with Crippen molar-refractivity contribution in [3.05, 3.63) is 89.6 Å². The average molecular weight is 339 g/mol. The predicted molar refractivity (Wildman–Crippen MR) is 103 cm³/mol. The number of hydrogen-bond acceptors (Lipinski definition) is 2. The van der Waals surface area contributed by atoms with Crippen LogP contribution in [0.5, 0.6) is 0 Å². The van der Waals surface area contributed by atoms with Gasteiger partial charge in [0, 0.05) is 11.1 Å². The monoisotopic (exact) mass is 339 g/mol. The summed E-state index contributed by atoms with van der Waals surface area (Å²) in [6, 6.07) is 23.8. The molecular formula is C23H17NO2. The van der Waals surface area contributed by atoms with Crippen molar-refractivity contribution in [3.8, 4) is 11.8 Å². The summed E-state index contributed by atoms with van der Waals surface area (Å²) in [4.78, 5) is 11.7. The summed E-state index contributed by atoms with van der Waals surface area (Å²) < 4.78 is 7.16. The third-order valence-corrected chi connectivity index (χ3v) is 4.25. The molecule has 26 heavy (non-hydrogen) atoms. The van der Waals surface area contributed by atoms with Crippen molar-refractivity contribution in [2.45, 2.75) is 6.92 Å². The van der Waals surface area contributed by atoms with E-state index in [9.17, 15) is 4.79 Å². The maximum Gasteiger partial charge on any atom is 0.338 e. The minimum absolute atomic E-state index is 0.309. The molecule has 2 aromatic carbocycles. The zero-order chi connectivity index (χ0) is 17.9. The maximum absolute atomic E-state index is 11.7. The second-order valence-corrected chi connectivity index (χ2v) is 5.92. The molecule has 2 aromatic heterocycles. The Labute approximate surface area is 151 Å². The molecule has 0 saturated heterocycles. The number of hydrogen-bond donors (Lipinski definition) is 0. The molecule has 0 amide bonds. The first-order chi connectivity index (χ1) is 12.8. The molecule has 3 heteroatoms. The van der Waals surface area contributed by atoms with E-state index in [0.717, 1.165) is 22.3 Å². The number of rotatable bonds is 2. The van der Waals surface area contributed by atoms with E-state index in [4.69, 9.17) is 4.74 Å². The van der Waals surface area contributed by atoms with Crippen molar-refractivity contribution in [3.63, 3.8) is 0 Å². The van der Waals surface area contributed by atoms with Crippen LogP contribution in [0.1, 0.15) is 28.5 Å². The Hall–Kier alpha value is -3.51. The lowest BCUT2D eigenvalue weighted by Gasteiger charge is -2.04. The van der Waals surface area contributed by atoms with Gasteiger partial charge in [-0.1, -0.05) is 30.2 Å².